The molecule has 8 heteroatoms. The summed E-state index contributed by atoms with van der Waals surface area (Å²) in [4.78, 5) is 23.7. The molecule has 3 aromatic heterocycles. The summed E-state index contributed by atoms with van der Waals surface area (Å²) >= 11 is 6.17. The van der Waals surface area contributed by atoms with E-state index in [9.17, 15) is 9.90 Å². The topological polar surface area (TPSA) is 80.0 Å². The molecule has 164 valence electrons. The molecule has 0 spiro atoms. The number of piperidine rings is 1. The molecule has 0 aliphatic carbocycles. The zero-order valence-corrected chi connectivity index (χ0v) is 18.8. The number of likely N-dealkylation sites (tertiary alicyclic amines) is 1. The van der Waals surface area contributed by atoms with Gasteiger partial charge < -0.3 is 14.7 Å². The van der Waals surface area contributed by atoms with Gasteiger partial charge >= 0.3 is 6.09 Å². The first-order chi connectivity index (χ1) is 14.7. The minimum Gasteiger partial charge on any atom is -0.444 e. The predicted octanol–water partition coefficient (Wildman–Crippen LogP) is 4.31. The van der Waals surface area contributed by atoms with E-state index in [1.807, 2.05) is 49.4 Å². The van der Waals surface area contributed by atoms with Gasteiger partial charge in [-0.15, -0.1) is 0 Å². The number of aliphatic hydroxyl groups is 1. The van der Waals surface area contributed by atoms with E-state index in [4.69, 9.17) is 21.3 Å². The van der Waals surface area contributed by atoms with Crippen LogP contribution in [0.4, 0.5) is 4.79 Å². The van der Waals surface area contributed by atoms with Crippen molar-refractivity contribution in [2.75, 3.05) is 19.7 Å². The highest BCUT2D eigenvalue weighted by Gasteiger charge is 2.40. The molecule has 0 aromatic carbocycles. The normalized spacial score (nSPS) is 19.6. The Balaban J connectivity index is 1.68. The smallest absolute Gasteiger partial charge is 0.410 e. The molecule has 1 amide bonds. The van der Waals surface area contributed by atoms with Gasteiger partial charge in [-0.25, -0.2) is 9.78 Å². The van der Waals surface area contributed by atoms with Crippen molar-refractivity contribution in [3.63, 3.8) is 0 Å². The van der Waals surface area contributed by atoms with Crippen molar-refractivity contribution < 1.29 is 14.6 Å². The summed E-state index contributed by atoms with van der Waals surface area (Å²) in [6.07, 6.45) is 4.70. The Morgan fingerprint density at radius 3 is 2.84 bits per heavy atom. The molecule has 1 N–H and O–H groups in total. The molecule has 1 saturated heterocycles. The third-order valence-corrected chi connectivity index (χ3v) is 5.78. The van der Waals surface area contributed by atoms with Crippen LogP contribution in [0.2, 0.25) is 5.02 Å². The number of fused-ring (bicyclic) bond motifs is 1. The first-order valence-corrected chi connectivity index (χ1v) is 10.8. The maximum atomic E-state index is 12.7. The van der Waals surface area contributed by atoms with Gasteiger partial charge in [-0.05, 0) is 57.9 Å². The molecular weight excluding hydrogens is 416 g/mol. The molecule has 1 aliphatic heterocycles. The van der Waals surface area contributed by atoms with E-state index in [-0.39, 0.29) is 12.7 Å². The molecule has 0 bridgehead atoms. The van der Waals surface area contributed by atoms with Gasteiger partial charge in [0.05, 0.1) is 40.3 Å². The van der Waals surface area contributed by atoms with Crippen LogP contribution in [0.1, 0.15) is 39.3 Å². The largest absolute Gasteiger partial charge is 0.444 e. The molecule has 1 aliphatic rings. The summed E-state index contributed by atoms with van der Waals surface area (Å²) in [6.45, 7) is 6.39. The van der Waals surface area contributed by atoms with Gasteiger partial charge in [-0.2, -0.15) is 0 Å². The van der Waals surface area contributed by atoms with E-state index < -0.39 is 11.0 Å². The molecule has 1 unspecified atom stereocenters. The molecule has 0 saturated carbocycles. The highest BCUT2D eigenvalue weighted by Crippen LogP contribution is 2.34. The summed E-state index contributed by atoms with van der Waals surface area (Å²) < 4.78 is 7.45. The number of nitrogens with zero attached hydrogens (tertiary/aromatic N) is 4. The van der Waals surface area contributed by atoms with E-state index in [2.05, 4.69) is 4.98 Å². The number of amides is 1. The minimum atomic E-state index is -0.650. The second-order valence-corrected chi connectivity index (χ2v) is 9.51. The standard InChI is InChI=1S/C23H27ClN4O3/c1-22(2,3)31-21(30)27-11-5-10-23(14-27,15-29)19-7-4-6-17(26-19)18-12-25-20-9-8-16(24)13-28(18)20/h4,6-9,12-13,29H,5,10-11,14-15H2,1-3H3. The third-order valence-electron chi connectivity index (χ3n) is 5.56. The summed E-state index contributed by atoms with van der Waals surface area (Å²) in [6, 6.07) is 9.39. The number of ether oxygens (including phenoxy) is 1. The van der Waals surface area contributed by atoms with Crippen LogP contribution in [-0.4, -0.2) is 55.8 Å². The maximum Gasteiger partial charge on any atom is 0.410 e. The van der Waals surface area contributed by atoms with Crippen LogP contribution in [-0.2, 0) is 10.2 Å². The number of aromatic nitrogens is 3. The van der Waals surface area contributed by atoms with Gasteiger partial charge in [0.2, 0.25) is 0 Å². The Hall–Kier alpha value is -2.64. The summed E-state index contributed by atoms with van der Waals surface area (Å²) in [5.41, 5.74) is 1.85. The maximum absolute atomic E-state index is 12.7. The van der Waals surface area contributed by atoms with Crippen molar-refractivity contribution in [3.8, 4) is 11.4 Å². The van der Waals surface area contributed by atoms with Crippen molar-refractivity contribution >= 4 is 23.3 Å². The molecule has 31 heavy (non-hydrogen) atoms. The van der Waals surface area contributed by atoms with Crippen LogP contribution in [0, 0.1) is 0 Å². The van der Waals surface area contributed by atoms with Crippen LogP contribution in [0.5, 0.6) is 0 Å². The minimum absolute atomic E-state index is 0.109. The lowest BCUT2D eigenvalue weighted by atomic mass is 9.77. The SMILES string of the molecule is CC(C)(C)OC(=O)N1CCCC(CO)(c2cccc(-c3cnc4ccc(Cl)cn34)n2)C1. The summed E-state index contributed by atoms with van der Waals surface area (Å²) in [5, 5.41) is 11.0. The van der Waals surface area contributed by atoms with Crippen molar-refractivity contribution in [2.45, 2.75) is 44.6 Å². The van der Waals surface area contributed by atoms with Gasteiger partial charge in [-0.1, -0.05) is 17.7 Å². The van der Waals surface area contributed by atoms with Crippen LogP contribution in [0.25, 0.3) is 17.0 Å². The van der Waals surface area contributed by atoms with Gasteiger partial charge in [0, 0.05) is 19.3 Å². The third kappa shape index (κ3) is 4.38. The van der Waals surface area contributed by atoms with E-state index in [0.717, 1.165) is 35.6 Å². The van der Waals surface area contributed by atoms with Crippen molar-refractivity contribution in [3.05, 3.63) is 53.4 Å². The van der Waals surface area contributed by atoms with Crippen molar-refractivity contribution in [2.24, 2.45) is 0 Å². The highest BCUT2D eigenvalue weighted by molar-refractivity contribution is 6.30. The van der Waals surface area contributed by atoms with E-state index >= 15 is 0 Å². The van der Waals surface area contributed by atoms with E-state index in [0.29, 0.717) is 18.1 Å². The number of imidazole rings is 1. The fourth-order valence-electron chi connectivity index (χ4n) is 4.05. The number of rotatable bonds is 3. The zero-order valence-electron chi connectivity index (χ0n) is 18.0. The number of aliphatic hydroxyl groups excluding tert-OH is 1. The molecule has 3 aromatic rings. The Bertz CT molecular complexity index is 1110. The zero-order chi connectivity index (χ0) is 22.2. The molecule has 4 rings (SSSR count). The quantitative estimate of drug-likeness (QED) is 0.653. The fourth-order valence-corrected chi connectivity index (χ4v) is 4.21. The van der Waals surface area contributed by atoms with Crippen LogP contribution < -0.4 is 0 Å². The lowest BCUT2D eigenvalue weighted by Gasteiger charge is -2.41. The lowest BCUT2D eigenvalue weighted by molar-refractivity contribution is 0.00744. The number of halogens is 1. The van der Waals surface area contributed by atoms with Crippen LogP contribution in [0.15, 0.2) is 42.7 Å². The van der Waals surface area contributed by atoms with E-state index in [1.54, 1.807) is 23.4 Å². The number of hydrogen-bond acceptors (Lipinski definition) is 5. The van der Waals surface area contributed by atoms with Gasteiger partial charge in [0.1, 0.15) is 11.2 Å². The van der Waals surface area contributed by atoms with E-state index in [1.165, 1.54) is 0 Å². The summed E-state index contributed by atoms with van der Waals surface area (Å²) in [7, 11) is 0. The number of hydrogen-bond donors (Lipinski definition) is 1. The number of pyridine rings is 2. The molecule has 4 heterocycles. The second kappa shape index (κ2) is 8.13. The monoisotopic (exact) mass is 442 g/mol. The molecule has 7 nitrogen and oxygen atoms in total. The van der Waals surface area contributed by atoms with Crippen LogP contribution >= 0.6 is 11.6 Å². The average molecular weight is 443 g/mol. The predicted molar refractivity (Wildman–Crippen MR) is 119 cm³/mol. The first kappa shape index (κ1) is 21.6. The Kier molecular flexibility index (Phi) is 5.66. The molecule has 0 radical (unpaired) electrons. The number of carbonyl (C=O) groups is 1. The number of carbonyl (C=O) groups excluding carboxylic acids is 1. The highest BCUT2D eigenvalue weighted by atomic mass is 35.5. The fraction of sp³-hybridized carbons (Fsp3) is 0.435. The van der Waals surface area contributed by atoms with Gasteiger partial charge in [0.25, 0.3) is 0 Å². The summed E-state index contributed by atoms with van der Waals surface area (Å²) in [5.74, 6) is 0. The Morgan fingerprint density at radius 1 is 1.29 bits per heavy atom. The average Bonchev–Trinajstić information content (AvgIpc) is 3.15. The first-order valence-electron chi connectivity index (χ1n) is 10.4. The Labute approximate surface area is 186 Å². The van der Waals surface area contributed by atoms with Crippen molar-refractivity contribution in [1.29, 1.82) is 0 Å². The van der Waals surface area contributed by atoms with Gasteiger partial charge in [0.15, 0.2) is 0 Å². The van der Waals surface area contributed by atoms with Gasteiger partial charge in [-0.3, -0.25) is 9.38 Å². The molecule has 1 atom stereocenters. The van der Waals surface area contributed by atoms with Crippen molar-refractivity contribution in [1.82, 2.24) is 19.3 Å². The Morgan fingerprint density at radius 2 is 2.10 bits per heavy atom. The second-order valence-electron chi connectivity index (χ2n) is 9.07. The molecular formula is C23H27ClN4O3. The molecule has 1 fully saturated rings. The van der Waals surface area contributed by atoms with Crippen LogP contribution in [0.3, 0.4) is 0 Å². The lowest BCUT2D eigenvalue weighted by Crippen LogP contribution is -2.51.